The van der Waals surface area contributed by atoms with Crippen LogP contribution in [0.1, 0.15) is 11.1 Å². The van der Waals surface area contributed by atoms with Crippen LogP contribution >= 0.6 is 0 Å². The number of hydrogen-bond donors (Lipinski definition) is 1. The van der Waals surface area contributed by atoms with Gasteiger partial charge in [-0.2, -0.15) is 0 Å². The lowest BCUT2D eigenvalue weighted by Crippen LogP contribution is -1.95. The van der Waals surface area contributed by atoms with E-state index in [4.69, 9.17) is 5.73 Å². The Hall–Kier alpha value is -1.90. The third kappa shape index (κ3) is 2.13. The Labute approximate surface area is 98.9 Å². The second-order valence-electron chi connectivity index (χ2n) is 4.17. The number of nitrogen functional groups attached to an aromatic ring is 1. The minimum absolute atomic E-state index is 0.203. The highest BCUT2D eigenvalue weighted by molar-refractivity contribution is 5.77. The zero-order valence-electron chi connectivity index (χ0n) is 9.72. The Morgan fingerprint density at radius 3 is 2.29 bits per heavy atom. The highest BCUT2D eigenvalue weighted by Gasteiger charge is 2.11. The molecule has 0 heterocycles. The van der Waals surface area contributed by atoms with Gasteiger partial charge in [-0.25, -0.2) is 8.78 Å². The molecular formula is C14H13F2N. The van der Waals surface area contributed by atoms with Crippen LogP contribution < -0.4 is 5.73 Å². The lowest BCUT2D eigenvalue weighted by molar-refractivity contribution is 0.595. The highest BCUT2D eigenvalue weighted by atomic mass is 19.1. The van der Waals surface area contributed by atoms with Gasteiger partial charge in [-0.1, -0.05) is 11.6 Å². The molecule has 0 saturated carbocycles. The highest BCUT2D eigenvalue weighted by Crippen LogP contribution is 2.30. The smallest absolute Gasteiger partial charge is 0.131 e. The zero-order chi connectivity index (χ0) is 12.6. The molecule has 2 aromatic carbocycles. The number of benzene rings is 2. The largest absolute Gasteiger partial charge is 0.398 e. The summed E-state index contributed by atoms with van der Waals surface area (Å²) in [4.78, 5) is 0. The summed E-state index contributed by atoms with van der Waals surface area (Å²) < 4.78 is 27.3. The molecule has 0 unspecified atom stereocenters. The van der Waals surface area contributed by atoms with E-state index in [9.17, 15) is 8.78 Å². The van der Waals surface area contributed by atoms with Crippen LogP contribution in [-0.4, -0.2) is 0 Å². The molecule has 0 saturated heterocycles. The monoisotopic (exact) mass is 233 g/mol. The molecule has 17 heavy (non-hydrogen) atoms. The summed E-state index contributed by atoms with van der Waals surface area (Å²) in [7, 11) is 0. The van der Waals surface area contributed by atoms with E-state index in [2.05, 4.69) is 0 Å². The van der Waals surface area contributed by atoms with Gasteiger partial charge in [-0.3, -0.25) is 0 Å². The number of nitrogens with two attached hydrogens (primary N) is 1. The molecule has 0 spiro atoms. The van der Waals surface area contributed by atoms with Crippen molar-refractivity contribution in [2.75, 3.05) is 5.73 Å². The molecule has 0 aliphatic heterocycles. The molecule has 3 heteroatoms. The topological polar surface area (TPSA) is 26.0 Å². The van der Waals surface area contributed by atoms with Crippen molar-refractivity contribution in [1.29, 1.82) is 0 Å². The van der Waals surface area contributed by atoms with Gasteiger partial charge in [0.25, 0.3) is 0 Å². The first kappa shape index (κ1) is 11.6. The van der Waals surface area contributed by atoms with Gasteiger partial charge in [0.05, 0.1) is 0 Å². The van der Waals surface area contributed by atoms with Crippen molar-refractivity contribution >= 4 is 5.69 Å². The Morgan fingerprint density at radius 2 is 1.59 bits per heavy atom. The number of aryl methyl sites for hydroxylation is 2. The fraction of sp³-hybridized carbons (Fsp3) is 0.143. The quantitative estimate of drug-likeness (QED) is 0.744. The standard InChI is InChI=1S/C14H13F2N/c1-8-3-4-14(17)11(5-8)10-7-12(15)9(2)6-13(10)16/h3-7H,17H2,1-2H3. The van der Waals surface area contributed by atoms with Crippen molar-refractivity contribution < 1.29 is 8.78 Å². The molecule has 0 atom stereocenters. The molecule has 2 rings (SSSR count). The van der Waals surface area contributed by atoms with Gasteiger partial charge < -0.3 is 5.73 Å². The van der Waals surface area contributed by atoms with Crippen molar-refractivity contribution in [3.63, 3.8) is 0 Å². The van der Waals surface area contributed by atoms with Crippen LogP contribution in [0.5, 0.6) is 0 Å². The maximum absolute atomic E-state index is 13.8. The summed E-state index contributed by atoms with van der Waals surface area (Å²) in [5.74, 6) is -0.886. The Bertz CT molecular complexity index is 577. The fourth-order valence-electron chi connectivity index (χ4n) is 1.76. The lowest BCUT2D eigenvalue weighted by atomic mass is 9.99. The number of hydrogen-bond acceptors (Lipinski definition) is 1. The van der Waals surface area contributed by atoms with E-state index in [-0.39, 0.29) is 11.1 Å². The van der Waals surface area contributed by atoms with Crippen LogP contribution in [0, 0.1) is 25.5 Å². The summed E-state index contributed by atoms with van der Waals surface area (Å²) in [6.07, 6.45) is 0. The minimum atomic E-state index is -0.457. The Morgan fingerprint density at radius 1 is 0.882 bits per heavy atom. The molecule has 0 radical (unpaired) electrons. The molecule has 0 amide bonds. The van der Waals surface area contributed by atoms with Crippen LogP contribution in [0.2, 0.25) is 0 Å². The summed E-state index contributed by atoms with van der Waals surface area (Å²) in [5.41, 5.74) is 8.21. The first-order valence-corrected chi connectivity index (χ1v) is 5.31. The number of anilines is 1. The molecule has 1 nitrogen and oxygen atoms in total. The second-order valence-corrected chi connectivity index (χ2v) is 4.17. The maximum atomic E-state index is 13.8. The summed E-state index contributed by atoms with van der Waals surface area (Å²) in [6, 6.07) is 7.66. The van der Waals surface area contributed by atoms with E-state index < -0.39 is 11.6 Å². The normalized spacial score (nSPS) is 10.6. The van der Waals surface area contributed by atoms with Crippen molar-refractivity contribution in [3.8, 4) is 11.1 Å². The van der Waals surface area contributed by atoms with Crippen LogP contribution in [0.3, 0.4) is 0 Å². The van der Waals surface area contributed by atoms with E-state index in [1.165, 1.54) is 19.1 Å². The van der Waals surface area contributed by atoms with Gasteiger partial charge in [0.2, 0.25) is 0 Å². The number of halogens is 2. The van der Waals surface area contributed by atoms with Crippen molar-refractivity contribution in [2.24, 2.45) is 0 Å². The molecule has 0 aromatic heterocycles. The van der Waals surface area contributed by atoms with Crippen LogP contribution in [0.15, 0.2) is 30.3 Å². The molecular weight excluding hydrogens is 220 g/mol. The minimum Gasteiger partial charge on any atom is -0.398 e. The van der Waals surface area contributed by atoms with Gasteiger partial charge in [0, 0.05) is 16.8 Å². The molecule has 0 bridgehead atoms. The average molecular weight is 233 g/mol. The van der Waals surface area contributed by atoms with E-state index in [1.54, 1.807) is 12.1 Å². The lowest BCUT2D eigenvalue weighted by Gasteiger charge is -2.09. The maximum Gasteiger partial charge on any atom is 0.131 e. The predicted octanol–water partition coefficient (Wildman–Crippen LogP) is 3.83. The van der Waals surface area contributed by atoms with Gasteiger partial charge in [-0.15, -0.1) is 0 Å². The zero-order valence-corrected chi connectivity index (χ0v) is 9.72. The van der Waals surface area contributed by atoms with E-state index in [0.29, 0.717) is 11.3 Å². The van der Waals surface area contributed by atoms with Gasteiger partial charge in [0.15, 0.2) is 0 Å². The molecule has 0 aliphatic rings. The third-order valence-corrected chi connectivity index (χ3v) is 2.75. The van der Waals surface area contributed by atoms with Crippen LogP contribution in [0.25, 0.3) is 11.1 Å². The molecule has 88 valence electrons. The molecule has 2 aromatic rings. The molecule has 0 aliphatic carbocycles. The molecule has 2 N–H and O–H groups in total. The summed E-state index contributed by atoms with van der Waals surface area (Å²) in [5, 5.41) is 0. The Balaban J connectivity index is 2.68. The van der Waals surface area contributed by atoms with E-state index in [0.717, 1.165) is 5.56 Å². The average Bonchev–Trinajstić information content (AvgIpc) is 2.27. The van der Waals surface area contributed by atoms with E-state index in [1.807, 2.05) is 13.0 Å². The first-order chi connectivity index (χ1) is 7.99. The first-order valence-electron chi connectivity index (χ1n) is 5.31. The van der Waals surface area contributed by atoms with Gasteiger partial charge in [-0.05, 0) is 43.7 Å². The summed E-state index contributed by atoms with van der Waals surface area (Å²) in [6.45, 7) is 3.41. The fourth-order valence-corrected chi connectivity index (χ4v) is 1.76. The third-order valence-electron chi connectivity index (χ3n) is 2.75. The predicted molar refractivity (Wildman–Crippen MR) is 65.7 cm³/mol. The van der Waals surface area contributed by atoms with Crippen LogP contribution in [-0.2, 0) is 0 Å². The van der Waals surface area contributed by atoms with Crippen molar-refractivity contribution in [2.45, 2.75) is 13.8 Å². The van der Waals surface area contributed by atoms with Gasteiger partial charge >= 0.3 is 0 Å². The van der Waals surface area contributed by atoms with Gasteiger partial charge in [0.1, 0.15) is 11.6 Å². The van der Waals surface area contributed by atoms with Crippen molar-refractivity contribution in [3.05, 3.63) is 53.1 Å². The van der Waals surface area contributed by atoms with Crippen molar-refractivity contribution in [1.82, 2.24) is 0 Å². The number of rotatable bonds is 1. The Kier molecular flexibility index (Phi) is 2.84. The second kappa shape index (κ2) is 4.17. The van der Waals surface area contributed by atoms with E-state index >= 15 is 0 Å². The SMILES string of the molecule is Cc1ccc(N)c(-c2cc(F)c(C)cc2F)c1. The molecule has 0 fully saturated rings. The van der Waals surface area contributed by atoms with Crippen LogP contribution in [0.4, 0.5) is 14.5 Å². The summed E-state index contributed by atoms with van der Waals surface area (Å²) >= 11 is 0.